The van der Waals surface area contributed by atoms with Crippen LogP contribution in [0.15, 0.2) is 30.3 Å². The van der Waals surface area contributed by atoms with Gasteiger partial charge in [0.2, 0.25) is 0 Å². The van der Waals surface area contributed by atoms with E-state index in [1.165, 1.54) is 13.5 Å². The lowest BCUT2D eigenvalue weighted by Crippen LogP contribution is -2.34. The van der Waals surface area contributed by atoms with Crippen molar-refractivity contribution in [1.82, 2.24) is 5.32 Å². The van der Waals surface area contributed by atoms with E-state index in [0.717, 1.165) is 12.0 Å². The number of hydrogen-bond donors (Lipinski definition) is 1. The molecular formula is C17H27NO2. The smallest absolute Gasteiger partial charge is 0.314 e. The molecule has 1 aromatic carbocycles. The van der Waals surface area contributed by atoms with Crippen LogP contribution in [0.25, 0.3) is 0 Å². The molecule has 0 aliphatic rings. The molecule has 0 bridgehead atoms. The molecule has 0 fully saturated rings. The number of ether oxygens (including phenoxy) is 1. The summed E-state index contributed by atoms with van der Waals surface area (Å²) in [5, 5.41) is 3.45. The summed E-state index contributed by atoms with van der Waals surface area (Å²) >= 11 is 0. The van der Waals surface area contributed by atoms with Crippen LogP contribution in [0.5, 0.6) is 0 Å². The van der Waals surface area contributed by atoms with Crippen LogP contribution in [0.1, 0.15) is 45.1 Å². The Hall–Kier alpha value is -1.35. The highest BCUT2D eigenvalue weighted by Crippen LogP contribution is 2.17. The van der Waals surface area contributed by atoms with E-state index in [9.17, 15) is 4.79 Å². The number of carbonyl (C=O) groups is 1. The Morgan fingerprint density at radius 1 is 1.15 bits per heavy atom. The van der Waals surface area contributed by atoms with Gasteiger partial charge in [0.25, 0.3) is 0 Å². The average molecular weight is 277 g/mol. The first-order chi connectivity index (χ1) is 9.54. The summed E-state index contributed by atoms with van der Waals surface area (Å²) in [6.45, 7) is 7.25. The number of esters is 1. The van der Waals surface area contributed by atoms with Crippen LogP contribution in [-0.4, -0.2) is 25.7 Å². The van der Waals surface area contributed by atoms with Crippen LogP contribution in [0.2, 0.25) is 0 Å². The maximum atomic E-state index is 11.9. The van der Waals surface area contributed by atoms with Gasteiger partial charge in [-0.15, -0.1) is 0 Å². The van der Waals surface area contributed by atoms with E-state index < -0.39 is 0 Å². The molecule has 1 N–H and O–H groups in total. The molecule has 0 saturated carbocycles. The minimum Gasteiger partial charge on any atom is -0.469 e. The molecule has 0 aromatic heterocycles. The van der Waals surface area contributed by atoms with Gasteiger partial charge in [-0.1, -0.05) is 44.2 Å². The molecule has 0 spiro atoms. The zero-order valence-electron chi connectivity index (χ0n) is 13.1. The summed E-state index contributed by atoms with van der Waals surface area (Å²) in [6.07, 6.45) is 2.32. The maximum Gasteiger partial charge on any atom is 0.314 e. The van der Waals surface area contributed by atoms with Gasteiger partial charge in [-0.05, 0) is 31.2 Å². The van der Waals surface area contributed by atoms with E-state index in [2.05, 4.69) is 26.1 Å². The third kappa shape index (κ3) is 5.74. The van der Waals surface area contributed by atoms with Gasteiger partial charge in [0.1, 0.15) is 0 Å². The fourth-order valence-corrected chi connectivity index (χ4v) is 2.17. The van der Waals surface area contributed by atoms with Crippen molar-refractivity contribution < 1.29 is 9.53 Å². The van der Waals surface area contributed by atoms with Gasteiger partial charge < -0.3 is 10.1 Å². The Morgan fingerprint density at radius 3 is 2.35 bits per heavy atom. The zero-order chi connectivity index (χ0) is 15.0. The second-order valence-corrected chi connectivity index (χ2v) is 5.77. The molecule has 0 aliphatic heterocycles. The number of hydrogen-bond acceptors (Lipinski definition) is 3. The SMILES string of the molecule is COC(=O)C(CNC(C)CCC(C)C)c1ccccc1. The van der Waals surface area contributed by atoms with Crippen LogP contribution < -0.4 is 5.32 Å². The largest absolute Gasteiger partial charge is 0.469 e. The summed E-state index contributed by atoms with van der Waals surface area (Å²) in [5.41, 5.74) is 1.00. The number of carbonyl (C=O) groups excluding carboxylic acids is 1. The van der Waals surface area contributed by atoms with E-state index in [4.69, 9.17) is 4.74 Å². The first-order valence-corrected chi connectivity index (χ1v) is 7.40. The molecule has 2 unspecified atom stereocenters. The monoisotopic (exact) mass is 277 g/mol. The molecule has 20 heavy (non-hydrogen) atoms. The minimum atomic E-state index is -0.234. The molecular weight excluding hydrogens is 250 g/mol. The van der Waals surface area contributed by atoms with Crippen LogP contribution in [0.4, 0.5) is 0 Å². The molecule has 1 rings (SSSR count). The summed E-state index contributed by atoms with van der Waals surface area (Å²) in [4.78, 5) is 11.9. The molecule has 112 valence electrons. The molecule has 3 heteroatoms. The van der Waals surface area contributed by atoms with Crippen LogP contribution >= 0.6 is 0 Å². The second kappa shape index (κ2) is 8.75. The summed E-state index contributed by atoms with van der Waals surface area (Å²) in [6, 6.07) is 10.2. The van der Waals surface area contributed by atoms with Crippen molar-refractivity contribution in [2.45, 2.75) is 45.6 Å². The van der Waals surface area contributed by atoms with Crippen molar-refractivity contribution in [1.29, 1.82) is 0 Å². The second-order valence-electron chi connectivity index (χ2n) is 5.77. The van der Waals surface area contributed by atoms with Crippen LogP contribution in [0.3, 0.4) is 0 Å². The summed E-state index contributed by atoms with van der Waals surface area (Å²) in [5.74, 6) is 0.298. The van der Waals surface area contributed by atoms with Crippen molar-refractivity contribution in [2.24, 2.45) is 5.92 Å². The fraction of sp³-hybridized carbons (Fsp3) is 0.588. The van der Waals surface area contributed by atoms with Gasteiger partial charge in [-0.2, -0.15) is 0 Å². The van der Waals surface area contributed by atoms with Crippen molar-refractivity contribution in [3.8, 4) is 0 Å². The number of methoxy groups -OCH3 is 1. The maximum absolute atomic E-state index is 11.9. The van der Waals surface area contributed by atoms with Crippen molar-refractivity contribution >= 4 is 5.97 Å². The predicted octanol–water partition coefficient (Wildman–Crippen LogP) is 3.36. The van der Waals surface area contributed by atoms with E-state index in [-0.39, 0.29) is 11.9 Å². The Morgan fingerprint density at radius 2 is 1.80 bits per heavy atom. The Kier molecular flexibility index (Phi) is 7.31. The first kappa shape index (κ1) is 16.7. The molecule has 1 aromatic rings. The van der Waals surface area contributed by atoms with Gasteiger partial charge in [0.15, 0.2) is 0 Å². The van der Waals surface area contributed by atoms with E-state index >= 15 is 0 Å². The molecule has 0 amide bonds. The van der Waals surface area contributed by atoms with Gasteiger partial charge in [0, 0.05) is 12.6 Å². The third-order valence-corrected chi connectivity index (χ3v) is 3.54. The lowest BCUT2D eigenvalue weighted by atomic mass is 9.98. The average Bonchev–Trinajstić information content (AvgIpc) is 2.46. The number of rotatable bonds is 8. The van der Waals surface area contributed by atoms with E-state index in [1.807, 2.05) is 30.3 Å². The standard InChI is InChI=1S/C17H27NO2/c1-13(2)10-11-14(3)18-12-16(17(19)20-4)15-8-6-5-7-9-15/h5-9,13-14,16,18H,10-12H2,1-4H3. The highest BCUT2D eigenvalue weighted by Gasteiger charge is 2.21. The zero-order valence-corrected chi connectivity index (χ0v) is 13.1. The van der Waals surface area contributed by atoms with Crippen molar-refractivity contribution in [3.05, 3.63) is 35.9 Å². The van der Waals surface area contributed by atoms with Gasteiger partial charge in [-0.25, -0.2) is 0 Å². The predicted molar refractivity (Wildman–Crippen MR) is 82.7 cm³/mol. The van der Waals surface area contributed by atoms with Crippen molar-refractivity contribution in [2.75, 3.05) is 13.7 Å². The van der Waals surface area contributed by atoms with Gasteiger partial charge in [-0.3, -0.25) is 4.79 Å². The normalized spacial score (nSPS) is 14.1. The minimum absolute atomic E-state index is 0.181. The van der Waals surface area contributed by atoms with E-state index in [0.29, 0.717) is 18.5 Å². The lowest BCUT2D eigenvalue weighted by Gasteiger charge is -2.20. The molecule has 0 heterocycles. The van der Waals surface area contributed by atoms with Crippen LogP contribution in [-0.2, 0) is 9.53 Å². The van der Waals surface area contributed by atoms with E-state index in [1.54, 1.807) is 0 Å². The Balaban J connectivity index is 2.56. The molecule has 0 radical (unpaired) electrons. The molecule has 0 aliphatic carbocycles. The molecule has 2 atom stereocenters. The fourth-order valence-electron chi connectivity index (χ4n) is 2.17. The Bertz CT molecular complexity index is 389. The Labute approximate surface area is 122 Å². The van der Waals surface area contributed by atoms with Crippen LogP contribution in [0, 0.1) is 5.92 Å². The summed E-state index contributed by atoms with van der Waals surface area (Å²) < 4.78 is 4.92. The van der Waals surface area contributed by atoms with Gasteiger partial charge in [0.05, 0.1) is 13.0 Å². The molecule has 3 nitrogen and oxygen atoms in total. The third-order valence-electron chi connectivity index (χ3n) is 3.54. The lowest BCUT2D eigenvalue weighted by molar-refractivity contribution is -0.142. The number of benzene rings is 1. The topological polar surface area (TPSA) is 38.3 Å². The van der Waals surface area contributed by atoms with Gasteiger partial charge >= 0.3 is 5.97 Å². The first-order valence-electron chi connectivity index (χ1n) is 7.40. The highest BCUT2D eigenvalue weighted by molar-refractivity contribution is 5.78. The summed E-state index contributed by atoms with van der Waals surface area (Å²) in [7, 11) is 1.44. The molecule has 0 saturated heterocycles. The quantitative estimate of drug-likeness (QED) is 0.740. The van der Waals surface area contributed by atoms with Crippen molar-refractivity contribution in [3.63, 3.8) is 0 Å². The number of nitrogens with one attached hydrogen (secondary N) is 1. The highest BCUT2D eigenvalue weighted by atomic mass is 16.5.